The normalized spacial score (nSPS) is 18.5. The third-order valence-corrected chi connectivity index (χ3v) is 4.47. The first-order valence-corrected chi connectivity index (χ1v) is 7.73. The Morgan fingerprint density at radius 3 is 2.74 bits per heavy atom. The van der Waals surface area contributed by atoms with E-state index in [1.54, 1.807) is 0 Å². The molecule has 0 unspecified atom stereocenters. The molecule has 1 aromatic heterocycles. The summed E-state index contributed by atoms with van der Waals surface area (Å²) in [6.07, 6.45) is 2.29. The Morgan fingerprint density at radius 2 is 2.05 bits per heavy atom. The van der Waals surface area contributed by atoms with Gasteiger partial charge in [-0.1, -0.05) is 15.9 Å². The van der Waals surface area contributed by atoms with Crippen LogP contribution in [0.15, 0.2) is 27.1 Å². The molecule has 19 heavy (non-hydrogen) atoms. The van der Waals surface area contributed by atoms with E-state index in [-0.39, 0.29) is 0 Å². The van der Waals surface area contributed by atoms with Crippen molar-refractivity contribution >= 4 is 27.0 Å². The smallest absolute Gasteiger partial charge is 0.198 e. The molecule has 1 fully saturated rings. The van der Waals surface area contributed by atoms with Crippen LogP contribution in [-0.4, -0.2) is 29.0 Å². The van der Waals surface area contributed by atoms with Crippen LogP contribution >= 0.6 is 15.9 Å². The van der Waals surface area contributed by atoms with Crippen molar-refractivity contribution in [3.8, 4) is 0 Å². The van der Waals surface area contributed by atoms with E-state index in [2.05, 4.69) is 39.7 Å². The molecule has 4 heteroatoms. The number of nitrogens with zero attached hydrogens (tertiary/aromatic N) is 2. The third kappa shape index (κ3) is 2.70. The number of aromatic nitrogens is 1. The highest BCUT2D eigenvalue weighted by Crippen LogP contribution is 2.31. The number of halogens is 1. The summed E-state index contributed by atoms with van der Waals surface area (Å²) in [4.78, 5) is 7.18. The molecule has 3 nitrogen and oxygen atoms in total. The molecule has 0 N–H and O–H groups in total. The molecular weight excluding hydrogens is 304 g/mol. The maximum atomic E-state index is 5.91. The molecule has 0 spiro atoms. The third-order valence-electron chi connectivity index (χ3n) is 3.98. The van der Waals surface area contributed by atoms with Crippen LogP contribution in [0.25, 0.3) is 11.1 Å². The second-order valence-electron chi connectivity index (χ2n) is 5.57. The second-order valence-corrected chi connectivity index (χ2v) is 6.48. The molecule has 0 atom stereocenters. The average molecular weight is 323 g/mol. The average Bonchev–Trinajstić information content (AvgIpc) is 2.81. The van der Waals surface area contributed by atoms with Crippen LogP contribution in [0.4, 0.5) is 0 Å². The Bertz CT molecular complexity index is 571. The molecule has 0 radical (unpaired) electrons. The number of oxazole rings is 1. The lowest BCUT2D eigenvalue weighted by Crippen LogP contribution is -2.37. The topological polar surface area (TPSA) is 29.3 Å². The number of fused-ring (bicyclic) bond motifs is 1. The van der Waals surface area contributed by atoms with Crippen LogP contribution < -0.4 is 0 Å². The zero-order chi connectivity index (χ0) is 13.4. The van der Waals surface area contributed by atoms with E-state index in [0.29, 0.717) is 12.0 Å². The Morgan fingerprint density at radius 1 is 1.32 bits per heavy atom. The molecule has 0 aliphatic carbocycles. The first-order chi connectivity index (χ1) is 9.13. The fourth-order valence-corrected chi connectivity index (χ4v) is 3.10. The molecule has 3 rings (SSSR count). The van der Waals surface area contributed by atoms with Gasteiger partial charge in [-0.3, -0.25) is 0 Å². The van der Waals surface area contributed by atoms with Gasteiger partial charge in [0.2, 0.25) is 0 Å². The second kappa shape index (κ2) is 5.25. The van der Waals surface area contributed by atoms with Gasteiger partial charge in [-0.2, -0.15) is 0 Å². The van der Waals surface area contributed by atoms with Crippen LogP contribution in [-0.2, 0) is 0 Å². The van der Waals surface area contributed by atoms with Gasteiger partial charge in [-0.25, -0.2) is 4.98 Å². The van der Waals surface area contributed by atoms with Crippen molar-refractivity contribution in [3.05, 3.63) is 28.6 Å². The van der Waals surface area contributed by atoms with Gasteiger partial charge >= 0.3 is 0 Å². The summed E-state index contributed by atoms with van der Waals surface area (Å²) in [6.45, 7) is 6.81. The molecule has 1 saturated heterocycles. The summed E-state index contributed by atoms with van der Waals surface area (Å²) in [6, 6.07) is 6.64. The van der Waals surface area contributed by atoms with E-state index >= 15 is 0 Å². The first kappa shape index (κ1) is 13.1. The summed E-state index contributed by atoms with van der Waals surface area (Å²) in [5.74, 6) is 1.39. The van der Waals surface area contributed by atoms with Gasteiger partial charge in [0, 0.05) is 16.4 Å². The molecule has 2 heterocycles. The van der Waals surface area contributed by atoms with E-state index < -0.39 is 0 Å². The number of likely N-dealkylation sites (tertiary alicyclic amines) is 1. The number of hydrogen-bond acceptors (Lipinski definition) is 3. The van der Waals surface area contributed by atoms with Crippen LogP contribution in [0.5, 0.6) is 0 Å². The lowest BCUT2D eigenvalue weighted by atomic mass is 9.96. The van der Waals surface area contributed by atoms with Crippen LogP contribution in [0, 0.1) is 0 Å². The quantitative estimate of drug-likeness (QED) is 0.830. The standard InChI is InChI=1S/C15H19BrN2O/c1-10(2)18-7-5-11(6-8-18)15-17-13-9-12(16)3-4-14(13)19-15/h3-4,9-11H,5-8H2,1-2H3. The van der Waals surface area contributed by atoms with Crippen molar-refractivity contribution in [2.45, 2.75) is 38.6 Å². The predicted octanol–water partition coefficient (Wildman–Crippen LogP) is 4.18. The largest absolute Gasteiger partial charge is 0.440 e. The van der Waals surface area contributed by atoms with E-state index in [0.717, 1.165) is 47.4 Å². The number of hydrogen-bond donors (Lipinski definition) is 0. The Labute approximate surface area is 122 Å². The highest BCUT2D eigenvalue weighted by molar-refractivity contribution is 9.10. The maximum Gasteiger partial charge on any atom is 0.198 e. The van der Waals surface area contributed by atoms with Crippen molar-refractivity contribution in [1.29, 1.82) is 0 Å². The summed E-state index contributed by atoms with van der Waals surface area (Å²) < 4.78 is 6.96. The van der Waals surface area contributed by atoms with E-state index in [4.69, 9.17) is 4.42 Å². The van der Waals surface area contributed by atoms with Crippen molar-refractivity contribution in [2.24, 2.45) is 0 Å². The first-order valence-electron chi connectivity index (χ1n) is 6.93. The monoisotopic (exact) mass is 322 g/mol. The van der Waals surface area contributed by atoms with E-state index in [1.165, 1.54) is 0 Å². The van der Waals surface area contributed by atoms with Gasteiger partial charge in [-0.05, 0) is 58.0 Å². The SMILES string of the molecule is CC(C)N1CCC(c2nc3cc(Br)ccc3o2)CC1. The highest BCUT2D eigenvalue weighted by Gasteiger charge is 2.25. The Hall–Kier alpha value is -0.870. The number of benzene rings is 1. The predicted molar refractivity (Wildman–Crippen MR) is 80.4 cm³/mol. The van der Waals surface area contributed by atoms with Crippen molar-refractivity contribution in [3.63, 3.8) is 0 Å². The van der Waals surface area contributed by atoms with E-state index in [9.17, 15) is 0 Å². The van der Waals surface area contributed by atoms with Gasteiger partial charge < -0.3 is 9.32 Å². The molecular formula is C15H19BrN2O. The molecule has 1 aliphatic heterocycles. The maximum absolute atomic E-state index is 5.91. The van der Waals surface area contributed by atoms with Gasteiger partial charge in [-0.15, -0.1) is 0 Å². The Balaban J connectivity index is 1.78. The summed E-state index contributed by atoms with van der Waals surface area (Å²) in [5.41, 5.74) is 1.85. The van der Waals surface area contributed by atoms with Crippen molar-refractivity contribution < 1.29 is 4.42 Å². The van der Waals surface area contributed by atoms with Crippen LogP contribution in [0.2, 0.25) is 0 Å². The van der Waals surface area contributed by atoms with Crippen molar-refractivity contribution in [1.82, 2.24) is 9.88 Å². The lowest BCUT2D eigenvalue weighted by molar-refractivity contribution is 0.164. The van der Waals surface area contributed by atoms with Gasteiger partial charge in [0.05, 0.1) is 0 Å². The number of rotatable bonds is 2. The minimum Gasteiger partial charge on any atom is -0.440 e. The summed E-state index contributed by atoms with van der Waals surface area (Å²) in [5, 5.41) is 0. The van der Waals surface area contributed by atoms with Crippen LogP contribution in [0.1, 0.15) is 38.5 Å². The van der Waals surface area contributed by atoms with Crippen LogP contribution in [0.3, 0.4) is 0 Å². The molecule has 0 bridgehead atoms. The fourth-order valence-electron chi connectivity index (χ4n) is 2.76. The van der Waals surface area contributed by atoms with E-state index in [1.807, 2.05) is 18.2 Å². The zero-order valence-electron chi connectivity index (χ0n) is 11.4. The zero-order valence-corrected chi connectivity index (χ0v) is 13.0. The highest BCUT2D eigenvalue weighted by atomic mass is 79.9. The molecule has 0 saturated carbocycles. The lowest BCUT2D eigenvalue weighted by Gasteiger charge is -2.33. The number of piperidine rings is 1. The summed E-state index contributed by atoms with van der Waals surface area (Å²) in [7, 11) is 0. The molecule has 2 aromatic rings. The minimum atomic E-state index is 0.473. The van der Waals surface area contributed by atoms with Crippen molar-refractivity contribution in [2.75, 3.05) is 13.1 Å². The fraction of sp³-hybridized carbons (Fsp3) is 0.533. The van der Waals surface area contributed by atoms with Gasteiger partial charge in [0.25, 0.3) is 0 Å². The molecule has 0 amide bonds. The molecule has 1 aromatic carbocycles. The molecule has 1 aliphatic rings. The van der Waals surface area contributed by atoms with Gasteiger partial charge in [0.1, 0.15) is 5.52 Å². The summed E-state index contributed by atoms with van der Waals surface area (Å²) >= 11 is 3.47. The minimum absolute atomic E-state index is 0.473. The molecule has 102 valence electrons. The van der Waals surface area contributed by atoms with Gasteiger partial charge in [0.15, 0.2) is 11.5 Å². The Kier molecular flexibility index (Phi) is 3.63.